The molecule has 0 aromatic heterocycles. The molecular weight excluding hydrogens is 162 g/mol. The van der Waals surface area contributed by atoms with Gasteiger partial charge in [-0.25, -0.2) is 0 Å². The lowest BCUT2D eigenvalue weighted by molar-refractivity contribution is 0.0707. The predicted molar refractivity (Wildman–Crippen MR) is 51.2 cm³/mol. The Morgan fingerprint density at radius 1 is 1.27 bits per heavy atom. The van der Waals surface area contributed by atoms with Gasteiger partial charge in [0.25, 0.3) is 0 Å². The highest BCUT2D eigenvalue weighted by Crippen LogP contribution is 2.12. The first-order valence-electron chi connectivity index (χ1n) is 3.84. The standard InChI is InChI=1S/C8H19NO.ClH/c1-8(2,3)7-10-6-4-5-9;/h4-7,9H2,1-3H3;1H. The van der Waals surface area contributed by atoms with Crippen LogP contribution >= 0.6 is 12.4 Å². The summed E-state index contributed by atoms with van der Waals surface area (Å²) in [4.78, 5) is 0. The molecule has 0 rings (SSSR count). The molecule has 0 heterocycles. The zero-order valence-electron chi connectivity index (χ0n) is 7.72. The summed E-state index contributed by atoms with van der Waals surface area (Å²) in [6, 6.07) is 0. The predicted octanol–water partition coefficient (Wildman–Crippen LogP) is 1.82. The zero-order chi connectivity index (χ0) is 8.04. The van der Waals surface area contributed by atoms with Gasteiger partial charge >= 0.3 is 0 Å². The Kier molecular flexibility index (Phi) is 8.63. The molecule has 0 aliphatic heterocycles. The van der Waals surface area contributed by atoms with Crippen molar-refractivity contribution in [2.24, 2.45) is 11.1 Å². The Hall–Kier alpha value is 0.210. The summed E-state index contributed by atoms with van der Waals surface area (Å²) in [6.07, 6.45) is 0.968. The molecule has 0 aromatic carbocycles. The number of halogens is 1. The van der Waals surface area contributed by atoms with Crippen LogP contribution in [-0.4, -0.2) is 19.8 Å². The topological polar surface area (TPSA) is 35.2 Å². The van der Waals surface area contributed by atoms with Crippen LogP contribution < -0.4 is 5.73 Å². The average Bonchev–Trinajstić information content (AvgIpc) is 1.78. The van der Waals surface area contributed by atoms with Crippen molar-refractivity contribution >= 4 is 12.4 Å². The van der Waals surface area contributed by atoms with Gasteiger partial charge in [-0.05, 0) is 18.4 Å². The monoisotopic (exact) mass is 181 g/mol. The molecule has 0 amide bonds. The average molecular weight is 182 g/mol. The van der Waals surface area contributed by atoms with Crippen molar-refractivity contribution in [2.75, 3.05) is 19.8 Å². The highest BCUT2D eigenvalue weighted by molar-refractivity contribution is 5.85. The maximum Gasteiger partial charge on any atom is 0.0514 e. The second-order valence-electron chi connectivity index (χ2n) is 3.76. The number of ether oxygens (including phenoxy) is 1. The minimum absolute atomic E-state index is 0. The van der Waals surface area contributed by atoms with Crippen LogP contribution in [0, 0.1) is 5.41 Å². The van der Waals surface area contributed by atoms with Crippen LogP contribution in [0.3, 0.4) is 0 Å². The summed E-state index contributed by atoms with van der Waals surface area (Å²) >= 11 is 0. The largest absolute Gasteiger partial charge is 0.381 e. The molecule has 2 N–H and O–H groups in total. The lowest BCUT2D eigenvalue weighted by Gasteiger charge is -2.17. The Morgan fingerprint density at radius 2 is 1.82 bits per heavy atom. The van der Waals surface area contributed by atoms with Crippen LogP contribution in [-0.2, 0) is 4.74 Å². The highest BCUT2D eigenvalue weighted by atomic mass is 35.5. The molecule has 0 spiro atoms. The third-order valence-corrected chi connectivity index (χ3v) is 1.03. The van der Waals surface area contributed by atoms with Crippen LogP contribution in [0.2, 0.25) is 0 Å². The molecule has 0 saturated carbocycles. The second-order valence-corrected chi connectivity index (χ2v) is 3.76. The van der Waals surface area contributed by atoms with Gasteiger partial charge in [-0.1, -0.05) is 20.8 Å². The second kappa shape index (κ2) is 6.89. The van der Waals surface area contributed by atoms with E-state index in [2.05, 4.69) is 20.8 Å². The number of rotatable bonds is 4. The molecule has 2 nitrogen and oxygen atoms in total. The van der Waals surface area contributed by atoms with Gasteiger partial charge in [-0.2, -0.15) is 0 Å². The van der Waals surface area contributed by atoms with Crippen molar-refractivity contribution in [1.29, 1.82) is 0 Å². The van der Waals surface area contributed by atoms with Gasteiger partial charge in [-0.15, -0.1) is 12.4 Å². The van der Waals surface area contributed by atoms with Gasteiger partial charge in [0.1, 0.15) is 0 Å². The Balaban J connectivity index is 0. The number of hydrogen-bond donors (Lipinski definition) is 1. The van der Waals surface area contributed by atoms with Crippen molar-refractivity contribution in [3.05, 3.63) is 0 Å². The van der Waals surface area contributed by atoms with E-state index in [4.69, 9.17) is 10.5 Å². The molecule has 70 valence electrons. The van der Waals surface area contributed by atoms with Gasteiger partial charge < -0.3 is 10.5 Å². The summed E-state index contributed by atoms with van der Waals surface area (Å²) < 4.78 is 5.36. The maximum absolute atomic E-state index is 5.36. The van der Waals surface area contributed by atoms with E-state index < -0.39 is 0 Å². The minimum atomic E-state index is 0. The minimum Gasteiger partial charge on any atom is -0.381 e. The van der Waals surface area contributed by atoms with E-state index in [1.807, 2.05) is 0 Å². The zero-order valence-corrected chi connectivity index (χ0v) is 8.54. The Morgan fingerprint density at radius 3 is 2.18 bits per heavy atom. The summed E-state index contributed by atoms with van der Waals surface area (Å²) in [5.41, 5.74) is 5.58. The van der Waals surface area contributed by atoms with E-state index in [9.17, 15) is 0 Å². The first-order chi connectivity index (χ1) is 4.56. The molecule has 0 radical (unpaired) electrons. The maximum atomic E-state index is 5.36. The van der Waals surface area contributed by atoms with E-state index >= 15 is 0 Å². The van der Waals surface area contributed by atoms with Crippen LogP contribution in [0.1, 0.15) is 27.2 Å². The van der Waals surface area contributed by atoms with Gasteiger partial charge in [0.05, 0.1) is 6.61 Å². The number of nitrogens with two attached hydrogens (primary N) is 1. The van der Waals surface area contributed by atoms with Crippen LogP contribution in [0.4, 0.5) is 0 Å². The highest BCUT2D eigenvalue weighted by Gasteiger charge is 2.08. The van der Waals surface area contributed by atoms with Gasteiger partial charge in [0.15, 0.2) is 0 Å². The SMILES string of the molecule is CC(C)(C)COCCCN.Cl. The first-order valence-corrected chi connectivity index (χ1v) is 3.84. The lowest BCUT2D eigenvalue weighted by atomic mass is 9.99. The third-order valence-electron chi connectivity index (χ3n) is 1.03. The van der Waals surface area contributed by atoms with Crippen molar-refractivity contribution < 1.29 is 4.74 Å². The summed E-state index contributed by atoms with van der Waals surface area (Å²) in [5, 5.41) is 0. The molecule has 0 aromatic rings. The fourth-order valence-electron chi connectivity index (χ4n) is 0.564. The summed E-state index contributed by atoms with van der Waals surface area (Å²) in [6.45, 7) is 8.84. The molecule has 0 aliphatic rings. The number of hydrogen-bond acceptors (Lipinski definition) is 2. The molecule has 0 saturated heterocycles. The first kappa shape index (κ1) is 13.8. The van der Waals surface area contributed by atoms with Gasteiger partial charge in [-0.3, -0.25) is 0 Å². The Labute approximate surface area is 75.9 Å². The molecule has 11 heavy (non-hydrogen) atoms. The summed E-state index contributed by atoms with van der Waals surface area (Å²) in [5.74, 6) is 0. The molecule has 0 atom stereocenters. The molecule has 0 aliphatic carbocycles. The fourth-order valence-corrected chi connectivity index (χ4v) is 0.564. The lowest BCUT2D eigenvalue weighted by Crippen LogP contribution is -2.16. The van der Waals surface area contributed by atoms with Crippen molar-refractivity contribution in [3.8, 4) is 0 Å². The quantitative estimate of drug-likeness (QED) is 0.672. The molecule has 0 bridgehead atoms. The van der Waals surface area contributed by atoms with E-state index in [1.54, 1.807) is 0 Å². The van der Waals surface area contributed by atoms with Gasteiger partial charge in [0.2, 0.25) is 0 Å². The van der Waals surface area contributed by atoms with E-state index in [1.165, 1.54) is 0 Å². The molecule has 3 heteroatoms. The van der Waals surface area contributed by atoms with Gasteiger partial charge in [0, 0.05) is 6.61 Å². The van der Waals surface area contributed by atoms with Crippen molar-refractivity contribution in [2.45, 2.75) is 27.2 Å². The van der Waals surface area contributed by atoms with Crippen LogP contribution in [0.5, 0.6) is 0 Å². The molecule has 0 fully saturated rings. The van der Waals surface area contributed by atoms with Crippen molar-refractivity contribution in [1.82, 2.24) is 0 Å². The van der Waals surface area contributed by atoms with Crippen LogP contribution in [0.15, 0.2) is 0 Å². The van der Waals surface area contributed by atoms with E-state index in [0.29, 0.717) is 0 Å². The van der Waals surface area contributed by atoms with E-state index in [0.717, 1.165) is 26.2 Å². The van der Waals surface area contributed by atoms with Crippen LogP contribution in [0.25, 0.3) is 0 Å². The fraction of sp³-hybridized carbons (Fsp3) is 1.00. The van der Waals surface area contributed by atoms with Crippen molar-refractivity contribution in [3.63, 3.8) is 0 Å². The Bertz CT molecular complexity index is 80.7. The van der Waals surface area contributed by atoms with E-state index in [-0.39, 0.29) is 17.8 Å². The third kappa shape index (κ3) is 13.2. The molecule has 0 unspecified atom stereocenters. The smallest absolute Gasteiger partial charge is 0.0514 e. The summed E-state index contributed by atoms with van der Waals surface area (Å²) in [7, 11) is 0. The normalized spacial score (nSPS) is 10.9. The molecular formula is C8H20ClNO.